The lowest BCUT2D eigenvalue weighted by Gasteiger charge is -2.36. The zero-order valence-corrected chi connectivity index (χ0v) is 12.3. The van der Waals surface area contributed by atoms with Crippen LogP contribution in [0.1, 0.15) is 13.8 Å². The molecule has 5 nitrogen and oxygen atoms in total. The third-order valence-corrected chi connectivity index (χ3v) is 3.14. The Bertz CT molecular complexity index is 392. The van der Waals surface area contributed by atoms with Crippen molar-refractivity contribution in [1.29, 1.82) is 0 Å². The van der Waals surface area contributed by atoms with E-state index in [1.54, 1.807) is 7.11 Å². The number of aromatic nitrogens is 2. The molecule has 94 valence electrons. The normalized spacial score (nSPS) is 24.8. The number of hydrogen-bond acceptors (Lipinski definition) is 5. The molecule has 0 saturated carbocycles. The number of rotatable bonds is 2. The van der Waals surface area contributed by atoms with Crippen LogP contribution < -0.4 is 9.64 Å². The summed E-state index contributed by atoms with van der Waals surface area (Å²) >= 11 is 2.17. The molecule has 0 aromatic carbocycles. The Kier molecular flexibility index (Phi) is 4.03. The number of anilines is 1. The number of hydrogen-bond donors (Lipinski definition) is 0. The number of ether oxygens (including phenoxy) is 2. The second-order valence-corrected chi connectivity index (χ2v) is 5.30. The van der Waals surface area contributed by atoms with Crippen LogP contribution in [0.5, 0.6) is 6.01 Å². The van der Waals surface area contributed by atoms with Crippen LogP contribution in [-0.4, -0.2) is 42.4 Å². The maximum Gasteiger partial charge on any atom is 0.319 e. The Morgan fingerprint density at radius 1 is 1.35 bits per heavy atom. The van der Waals surface area contributed by atoms with Gasteiger partial charge in [0.1, 0.15) is 9.52 Å². The van der Waals surface area contributed by atoms with Gasteiger partial charge in [0.15, 0.2) is 0 Å². The number of methoxy groups -OCH3 is 1. The average Bonchev–Trinajstić information content (AvgIpc) is 2.26. The molecule has 0 N–H and O–H groups in total. The van der Waals surface area contributed by atoms with Gasteiger partial charge in [-0.3, -0.25) is 0 Å². The summed E-state index contributed by atoms with van der Waals surface area (Å²) in [6, 6.07) is 2.38. The van der Waals surface area contributed by atoms with E-state index in [0.717, 1.165) is 22.6 Å². The van der Waals surface area contributed by atoms with E-state index >= 15 is 0 Å². The van der Waals surface area contributed by atoms with Crippen molar-refractivity contribution in [1.82, 2.24) is 9.97 Å². The number of halogens is 1. The third-order valence-electron chi connectivity index (χ3n) is 2.59. The molecule has 0 bridgehead atoms. The van der Waals surface area contributed by atoms with Crippen LogP contribution in [0.4, 0.5) is 5.82 Å². The summed E-state index contributed by atoms with van der Waals surface area (Å²) in [7, 11) is 1.58. The van der Waals surface area contributed by atoms with Crippen molar-refractivity contribution >= 4 is 28.4 Å². The molecule has 1 aromatic heterocycles. The van der Waals surface area contributed by atoms with Gasteiger partial charge in [-0.15, -0.1) is 0 Å². The highest BCUT2D eigenvalue weighted by atomic mass is 127. The summed E-state index contributed by atoms with van der Waals surface area (Å²) in [6.45, 7) is 5.85. The molecule has 1 fully saturated rings. The van der Waals surface area contributed by atoms with Gasteiger partial charge in [-0.05, 0) is 36.4 Å². The lowest BCUT2D eigenvalue weighted by atomic mass is 10.2. The summed E-state index contributed by atoms with van der Waals surface area (Å²) in [6.07, 6.45) is 0.440. The molecule has 0 unspecified atom stereocenters. The highest BCUT2D eigenvalue weighted by Crippen LogP contribution is 2.21. The third kappa shape index (κ3) is 3.19. The van der Waals surface area contributed by atoms with Crippen molar-refractivity contribution in [2.24, 2.45) is 0 Å². The van der Waals surface area contributed by atoms with Crippen molar-refractivity contribution < 1.29 is 9.47 Å². The van der Waals surface area contributed by atoms with Gasteiger partial charge in [-0.1, -0.05) is 0 Å². The average molecular weight is 349 g/mol. The number of nitrogens with zero attached hydrogens (tertiary/aromatic N) is 3. The number of morpholine rings is 1. The molecule has 2 heterocycles. The first-order valence-corrected chi connectivity index (χ1v) is 6.65. The SMILES string of the molecule is COc1nc(I)cc(N2C[C@H](C)O[C@@H](C)C2)n1. The van der Waals surface area contributed by atoms with Crippen LogP contribution in [0.15, 0.2) is 6.07 Å². The summed E-state index contributed by atoms with van der Waals surface area (Å²) in [4.78, 5) is 10.8. The molecule has 0 amide bonds. The van der Waals surface area contributed by atoms with E-state index in [4.69, 9.17) is 9.47 Å². The smallest absolute Gasteiger partial charge is 0.319 e. The molecular weight excluding hydrogens is 333 g/mol. The quantitative estimate of drug-likeness (QED) is 0.601. The molecule has 2 atom stereocenters. The summed E-state index contributed by atoms with van der Waals surface area (Å²) in [5, 5.41) is 0. The van der Waals surface area contributed by atoms with E-state index in [2.05, 4.69) is 51.3 Å². The monoisotopic (exact) mass is 349 g/mol. The Morgan fingerprint density at radius 2 is 2.00 bits per heavy atom. The van der Waals surface area contributed by atoms with Gasteiger partial charge in [-0.2, -0.15) is 9.97 Å². The van der Waals surface area contributed by atoms with Gasteiger partial charge in [0.05, 0.1) is 19.3 Å². The van der Waals surface area contributed by atoms with Crippen molar-refractivity contribution in [2.45, 2.75) is 26.1 Å². The van der Waals surface area contributed by atoms with E-state index in [-0.39, 0.29) is 12.2 Å². The van der Waals surface area contributed by atoms with Crippen LogP contribution in [0.25, 0.3) is 0 Å². The van der Waals surface area contributed by atoms with Crippen molar-refractivity contribution in [2.75, 3.05) is 25.1 Å². The second-order valence-electron chi connectivity index (χ2n) is 4.20. The molecule has 1 aliphatic heterocycles. The largest absolute Gasteiger partial charge is 0.467 e. The highest BCUT2D eigenvalue weighted by Gasteiger charge is 2.23. The second kappa shape index (κ2) is 5.34. The fourth-order valence-corrected chi connectivity index (χ4v) is 2.49. The van der Waals surface area contributed by atoms with E-state index in [9.17, 15) is 0 Å². The lowest BCUT2D eigenvalue weighted by Crippen LogP contribution is -2.45. The molecule has 17 heavy (non-hydrogen) atoms. The van der Waals surface area contributed by atoms with E-state index in [1.807, 2.05) is 6.07 Å². The van der Waals surface area contributed by atoms with Crippen LogP contribution in [0, 0.1) is 3.70 Å². The summed E-state index contributed by atoms with van der Waals surface area (Å²) in [5.74, 6) is 0.906. The summed E-state index contributed by atoms with van der Waals surface area (Å²) in [5.41, 5.74) is 0. The van der Waals surface area contributed by atoms with Crippen molar-refractivity contribution in [3.63, 3.8) is 0 Å². The Balaban J connectivity index is 2.23. The zero-order chi connectivity index (χ0) is 12.4. The molecule has 1 aromatic rings. The molecule has 1 aliphatic rings. The zero-order valence-electron chi connectivity index (χ0n) is 10.2. The maximum atomic E-state index is 5.71. The van der Waals surface area contributed by atoms with Crippen LogP contribution in [0.3, 0.4) is 0 Å². The van der Waals surface area contributed by atoms with E-state index < -0.39 is 0 Å². The minimum Gasteiger partial charge on any atom is -0.467 e. The van der Waals surface area contributed by atoms with Gasteiger partial charge < -0.3 is 14.4 Å². The Hall–Kier alpha value is -0.630. The molecule has 1 saturated heterocycles. The molecule has 2 rings (SSSR count). The topological polar surface area (TPSA) is 47.5 Å². The maximum absolute atomic E-state index is 5.71. The predicted octanol–water partition coefficient (Wildman–Crippen LogP) is 1.70. The Labute approximate surface area is 115 Å². The first-order chi connectivity index (χ1) is 8.08. The first kappa shape index (κ1) is 12.8. The van der Waals surface area contributed by atoms with Gasteiger partial charge >= 0.3 is 6.01 Å². The molecule has 6 heteroatoms. The molecule has 0 radical (unpaired) electrons. The first-order valence-electron chi connectivity index (χ1n) is 5.57. The predicted molar refractivity (Wildman–Crippen MR) is 73.5 cm³/mol. The van der Waals surface area contributed by atoms with Gasteiger partial charge in [-0.25, -0.2) is 0 Å². The van der Waals surface area contributed by atoms with Crippen LogP contribution >= 0.6 is 22.6 Å². The van der Waals surface area contributed by atoms with Gasteiger partial charge in [0.2, 0.25) is 0 Å². The van der Waals surface area contributed by atoms with Crippen molar-refractivity contribution in [3.05, 3.63) is 9.77 Å². The van der Waals surface area contributed by atoms with Crippen LogP contribution in [-0.2, 0) is 4.74 Å². The van der Waals surface area contributed by atoms with Crippen LogP contribution in [0.2, 0.25) is 0 Å². The molecule has 0 aliphatic carbocycles. The Morgan fingerprint density at radius 3 is 2.59 bits per heavy atom. The minimum absolute atomic E-state index is 0.220. The van der Waals surface area contributed by atoms with Gasteiger partial charge in [0, 0.05) is 19.2 Å². The summed E-state index contributed by atoms with van der Waals surface area (Å²) < 4.78 is 11.7. The highest BCUT2D eigenvalue weighted by molar-refractivity contribution is 14.1. The van der Waals surface area contributed by atoms with E-state index in [1.165, 1.54) is 0 Å². The molecular formula is C11H16IN3O2. The standard InChI is InChI=1S/C11H16IN3O2/c1-7-5-15(6-8(2)17-7)10-4-9(12)13-11(14-10)16-3/h4,7-8H,5-6H2,1-3H3/t7-,8-/m0/s1. The van der Waals surface area contributed by atoms with Gasteiger partial charge in [0.25, 0.3) is 0 Å². The fourth-order valence-electron chi connectivity index (χ4n) is 2.00. The fraction of sp³-hybridized carbons (Fsp3) is 0.636. The van der Waals surface area contributed by atoms with E-state index in [0.29, 0.717) is 6.01 Å². The minimum atomic E-state index is 0.220. The van der Waals surface area contributed by atoms with Crippen molar-refractivity contribution in [3.8, 4) is 6.01 Å². The molecule has 0 spiro atoms. The lowest BCUT2D eigenvalue weighted by molar-refractivity contribution is -0.00550.